The van der Waals surface area contributed by atoms with Crippen molar-refractivity contribution in [3.63, 3.8) is 0 Å². The van der Waals surface area contributed by atoms with Crippen LogP contribution in [-0.4, -0.2) is 59.8 Å². The second-order valence-electron chi connectivity index (χ2n) is 6.15. The fourth-order valence-corrected chi connectivity index (χ4v) is 3.02. The van der Waals surface area contributed by atoms with Crippen LogP contribution in [0.5, 0.6) is 0 Å². The monoisotopic (exact) mass is 358 g/mol. The van der Waals surface area contributed by atoms with E-state index in [1.807, 2.05) is 24.2 Å². The maximum absolute atomic E-state index is 13.7. The van der Waals surface area contributed by atoms with Crippen LogP contribution in [0.25, 0.3) is 0 Å². The maximum Gasteiger partial charge on any atom is 0.246 e. The van der Waals surface area contributed by atoms with Crippen LogP contribution in [0.4, 0.5) is 10.1 Å². The highest BCUT2D eigenvalue weighted by atomic mass is 19.1. The molecule has 3 rings (SSSR count). The van der Waals surface area contributed by atoms with Gasteiger partial charge in [0.05, 0.1) is 11.9 Å². The van der Waals surface area contributed by atoms with Crippen LogP contribution >= 0.6 is 0 Å². The molecule has 0 spiro atoms. The molecule has 138 valence electrons. The fourth-order valence-electron chi connectivity index (χ4n) is 3.02. The number of halogens is 1. The molecule has 2 aromatic rings. The summed E-state index contributed by atoms with van der Waals surface area (Å²) in [5, 5.41) is 7.33. The smallest absolute Gasteiger partial charge is 0.246 e. The lowest BCUT2D eigenvalue weighted by molar-refractivity contribution is -0.120. The highest BCUT2D eigenvalue weighted by Crippen LogP contribution is 2.16. The lowest BCUT2D eigenvalue weighted by Crippen LogP contribution is -2.55. The van der Waals surface area contributed by atoms with Crippen LogP contribution < -0.4 is 10.2 Å². The van der Waals surface area contributed by atoms with Crippen molar-refractivity contribution < 1.29 is 9.18 Å². The second-order valence-corrected chi connectivity index (χ2v) is 6.15. The zero-order valence-corrected chi connectivity index (χ0v) is 15.0. The van der Waals surface area contributed by atoms with Crippen molar-refractivity contribution in [1.29, 1.82) is 0 Å². The number of aliphatic imine (C=N–C) groups is 1. The molecule has 1 amide bonds. The minimum absolute atomic E-state index is 0.00121. The third kappa shape index (κ3) is 4.01. The summed E-state index contributed by atoms with van der Waals surface area (Å²) in [5.41, 5.74) is 1.47. The Morgan fingerprint density at radius 1 is 1.35 bits per heavy atom. The van der Waals surface area contributed by atoms with Crippen LogP contribution in [-0.2, 0) is 18.3 Å². The van der Waals surface area contributed by atoms with Gasteiger partial charge in [0.2, 0.25) is 5.91 Å². The van der Waals surface area contributed by atoms with Gasteiger partial charge in [-0.1, -0.05) is 18.2 Å². The predicted molar refractivity (Wildman–Crippen MR) is 98.6 cm³/mol. The third-order valence-corrected chi connectivity index (χ3v) is 4.37. The molecule has 1 aliphatic rings. The fraction of sp³-hybridized carbons (Fsp3) is 0.389. The number of nitrogens with zero attached hydrogens (tertiary/aromatic N) is 5. The van der Waals surface area contributed by atoms with Gasteiger partial charge >= 0.3 is 0 Å². The number of amides is 1. The Morgan fingerprint density at radius 3 is 2.81 bits per heavy atom. The van der Waals surface area contributed by atoms with E-state index in [-0.39, 0.29) is 18.3 Å². The number of guanidine groups is 1. The number of benzene rings is 1. The third-order valence-electron chi connectivity index (χ3n) is 4.37. The van der Waals surface area contributed by atoms with Gasteiger partial charge in [-0.25, -0.2) is 4.39 Å². The van der Waals surface area contributed by atoms with E-state index < -0.39 is 0 Å². The number of hydrogen-bond acceptors (Lipinski definition) is 3. The van der Waals surface area contributed by atoms with Gasteiger partial charge in [-0.2, -0.15) is 5.10 Å². The number of rotatable bonds is 4. The number of carbonyl (C=O) groups excluding carboxylic acids is 1. The standard InChI is InChI=1S/C18H23FN6O/c1-20-18(21-8-7-14-5-3-4-6-16(14)19)24-9-10-25(17(26)13-24)15-11-22-23(2)12-15/h3-6,11-12H,7-10,13H2,1-2H3,(H,20,21). The van der Waals surface area contributed by atoms with Crippen molar-refractivity contribution in [1.82, 2.24) is 20.0 Å². The van der Waals surface area contributed by atoms with E-state index in [1.165, 1.54) is 6.07 Å². The van der Waals surface area contributed by atoms with E-state index >= 15 is 0 Å². The van der Waals surface area contributed by atoms with E-state index in [4.69, 9.17) is 0 Å². The van der Waals surface area contributed by atoms with Crippen molar-refractivity contribution in [3.8, 4) is 0 Å². The first-order valence-electron chi connectivity index (χ1n) is 8.56. The molecular formula is C18H23FN6O. The zero-order valence-electron chi connectivity index (χ0n) is 15.0. The lowest BCUT2D eigenvalue weighted by atomic mass is 10.1. The number of aryl methyl sites for hydroxylation is 1. The van der Waals surface area contributed by atoms with Crippen LogP contribution in [0.15, 0.2) is 41.7 Å². The summed E-state index contributed by atoms with van der Waals surface area (Å²) in [6, 6.07) is 6.73. The maximum atomic E-state index is 13.7. The number of piperazine rings is 1. The van der Waals surface area contributed by atoms with Gasteiger partial charge in [0.15, 0.2) is 5.96 Å². The SMILES string of the molecule is CN=C(NCCc1ccccc1F)N1CCN(c2cnn(C)c2)C(=O)C1. The molecule has 1 aliphatic heterocycles. The number of anilines is 1. The largest absolute Gasteiger partial charge is 0.356 e. The van der Waals surface area contributed by atoms with Gasteiger partial charge in [0.25, 0.3) is 0 Å². The van der Waals surface area contributed by atoms with Crippen LogP contribution in [0, 0.1) is 5.82 Å². The van der Waals surface area contributed by atoms with Gasteiger partial charge in [-0.3, -0.25) is 14.5 Å². The van der Waals surface area contributed by atoms with Crippen LogP contribution in [0.1, 0.15) is 5.56 Å². The minimum Gasteiger partial charge on any atom is -0.356 e. The summed E-state index contributed by atoms with van der Waals surface area (Å²) in [4.78, 5) is 20.4. The lowest BCUT2D eigenvalue weighted by Gasteiger charge is -2.35. The summed E-state index contributed by atoms with van der Waals surface area (Å²) in [6.45, 7) is 2.03. The van der Waals surface area contributed by atoms with Crippen LogP contribution in [0.2, 0.25) is 0 Å². The van der Waals surface area contributed by atoms with Gasteiger partial charge in [0, 0.05) is 39.9 Å². The van der Waals surface area contributed by atoms with E-state index in [1.54, 1.807) is 35.0 Å². The molecular weight excluding hydrogens is 335 g/mol. The Hall–Kier alpha value is -2.90. The Bertz CT molecular complexity index is 802. The first-order chi connectivity index (χ1) is 12.6. The van der Waals surface area contributed by atoms with E-state index in [2.05, 4.69) is 15.4 Å². The van der Waals surface area contributed by atoms with E-state index in [0.29, 0.717) is 37.6 Å². The molecule has 2 heterocycles. The summed E-state index contributed by atoms with van der Waals surface area (Å²) in [6.07, 6.45) is 4.07. The average molecular weight is 358 g/mol. The summed E-state index contributed by atoms with van der Waals surface area (Å²) >= 11 is 0. The van der Waals surface area contributed by atoms with Crippen molar-refractivity contribution >= 4 is 17.6 Å². The normalized spacial score (nSPS) is 15.5. The molecule has 7 nitrogen and oxygen atoms in total. The van der Waals surface area contributed by atoms with E-state index in [0.717, 1.165) is 5.69 Å². The molecule has 26 heavy (non-hydrogen) atoms. The molecule has 1 N–H and O–H groups in total. The quantitative estimate of drug-likeness (QED) is 0.655. The molecule has 0 bridgehead atoms. The minimum atomic E-state index is -0.204. The highest BCUT2D eigenvalue weighted by molar-refractivity contribution is 5.98. The van der Waals surface area contributed by atoms with Crippen molar-refractivity contribution in [2.75, 3.05) is 38.1 Å². The summed E-state index contributed by atoms with van der Waals surface area (Å²) in [7, 11) is 3.51. The van der Waals surface area contributed by atoms with Gasteiger partial charge in [-0.15, -0.1) is 0 Å². The highest BCUT2D eigenvalue weighted by Gasteiger charge is 2.27. The van der Waals surface area contributed by atoms with Crippen molar-refractivity contribution in [2.45, 2.75) is 6.42 Å². The Morgan fingerprint density at radius 2 is 2.15 bits per heavy atom. The Labute approximate surface area is 152 Å². The van der Waals surface area contributed by atoms with Gasteiger partial charge in [-0.05, 0) is 18.1 Å². The van der Waals surface area contributed by atoms with E-state index in [9.17, 15) is 9.18 Å². The molecule has 1 aromatic carbocycles. The first kappa shape index (κ1) is 17.9. The average Bonchev–Trinajstić information content (AvgIpc) is 3.06. The Kier molecular flexibility index (Phi) is 5.50. The van der Waals surface area contributed by atoms with Crippen molar-refractivity contribution in [3.05, 3.63) is 48.0 Å². The molecule has 1 aromatic heterocycles. The van der Waals surface area contributed by atoms with Gasteiger partial charge < -0.3 is 15.1 Å². The predicted octanol–water partition coefficient (Wildman–Crippen LogP) is 1.03. The molecule has 0 aliphatic carbocycles. The number of aromatic nitrogens is 2. The summed E-state index contributed by atoms with van der Waals surface area (Å²) < 4.78 is 15.4. The molecule has 8 heteroatoms. The van der Waals surface area contributed by atoms with Gasteiger partial charge in [0.1, 0.15) is 12.4 Å². The number of hydrogen-bond donors (Lipinski definition) is 1. The second kappa shape index (κ2) is 7.99. The number of nitrogens with one attached hydrogen (secondary N) is 1. The molecule has 0 saturated carbocycles. The van der Waals surface area contributed by atoms with Crippen molar-refractivity contribution in [2.24, 2.45) is 12.0 Å². The zero-order chi connectivity index (χ0) is 18.5. The molecule has 0 atom stereocenters. The molecule has 1 fully saturated rings. The number of carbonyl (C=O) groups is 1. The topological polar surface area (TPSA) is 65.8 Å². The first-order valence-corrected chi connectivity index (χ1v) is 8.56. The van der Waals surface area contributed by atoms with Crippen LogP contribution in [0.3, 0.4) is 0 Å². The molecule has 1 saturated heterocycles. The Balaban J connectivity index is 1.55. The molecule has 0 unspecified atom stereocenters. The summed E-state index contributed by atoms with van der Waals surface area (Å²) in [5.74, 6) is 0.450. The molecule has 0 radical (unpaired) electrons.